The van der Waals surface area contributed by atoms with Crippen molar-refractivity contribution in [1.82, 2.24) is 0 Å². The molecule has 23 heavy (non-hydrogen) atoms. The number of carboxylic acids is 1. The van der Waals surface area contributed by atoms with Gasteiger partial charge in [0.1, 0.15) is 5.75 Å². The van der Waals surface area contributed by atoms with Crippen molar-refractivity contribution in [3.05, 3.63) is 28.3 Å². The van der Waals surface area contributed by atoms with Crippen LogP contribution in [-0.2, 0) is 9.59 Å². The summed E-state index contributed by atoms with van der Waals surface area (Å²) in [6, 6.07) is 3.83. The molecule has 0 aromatic heterocycles. The highest BCUT2D eigenvalue weighted by atomic mass is 16.6. The van der Waals surface area contributed by atoms with Crippen molar-refractivity contribution >= 4 is 23.3 Å². The zero-order chi connectivity index (χ0) is 17.0. The first-order chi connectivity index (χ1) is 10.9. The summed E-state index contributed by atoms with van der Waals surface area (Å²) < 4.78 is 5.08. The van der Waals surface area contributed by atoms with Crippen LogP contribution in [0.3, 0.4) is 0 Å². The van der Waals surface area contributed by atoms with Gasteiger partial charge in [-0.25, -0.2) is 0 Å². The Kier molecular flexibility index (Phi) is 5.15. The van der Waals surface area contributed by atoms with E-state index in [1.807, 2.05) is 0 Å². The van der Waals surface area contributed by atoms with E-state index in [4.69, 9.17) is 4.74 Å². The topological polar surface area (TPSA) is 122 Å². The van der Waals surface area contributed by atoms with Crippen LogP contribution in [0, 0.1) is 22.0 Å². The van der Waals surface area contributed by atoms with Crippen molar-refractivity contribution in [1.29, 1.82) is 0 Å². The number of rotatable bonds is 5. The Bertz CT molecular complexity index is 630. The fraction of sp³-hybridized carbons (Fsp3) is 0.467. The number of nitrogens with zero attached hydrogens (tertiary/aromatic N) is 1. The molecular formula is C15H17N2O6-. The fourth-order valence-corrected chi connectivity index (χ4v) is 2.86. The SMILES string of the molecule is COc1ccc([N+](=O)[O-])cc1NC(=O)[C@H]1CCCC[C@H]1C(=O)[O-]. The first-order valence-corrected chi connectivity index (χ1v) is 7.28. The molecule has 2 atom stereocenters. The maximum Gasteiger partial charge on any atom is 0.271 e. The van der Waals surface area contributed by atoms with Gasteiger partial charge in [-0.3, -0.25) is 14.9 Å². The molecule has 0 spiro atoms. The van der Waals surface area contributed by atoms with E-state index in [2.05, 4.69) is 5.32 Å². The van der Waals surface area contributed by atoms with Crippen molar-refractivity contribution < 1.29 is 24.4 Å². The maximum absolute atomic E-state index is 12.4. The van der Waals surface area contributed by atoms with Gasteiger partial charge in [0, 0.05) is 29.9 Å². The van der Waals surface area contributed by atoms with E-state index in [0.717, 1.165) is 12.8 Å². The first kappa shape index (κ1) is 16.7. The van der Waals surface area contributed by atoms with Gasteiger partial charge < -0.3 is 20.0 Å². The molecule has 1 aliphatic carbocycles. The van der Waals surface area contributed by atoms with Crippen LogP contribution in [0.1, 0.15) is 25.7 Å². The van der Waals surface area contributed by atoms with Gasteiger partial charge in [0.2, 0.25) is 5.91 Å². The molecule has 8 nitrogen and oxygen atoms in total. The highest BCUT2D eigenvalue weighted by molar-refractivity contribution is 5.96. The number of carbonyl (C=O) groups excluding carboxylic acids is 2. The number of hydrogen-bond acceptors (Lipinski definition) is 6. The zero-order valence-electron chi connectivity index (χ0n) is 12.6. The second-order valence-electron chi connectivity index (χ2n) is 5.45. The lowest BCUT2D eigenvalue weighted by Gasteiger charge is -2.31. The number of non-ortho nitro benzene ring substituents is 1. The molecule has 1 N–H and O–H groups in total. The number of anilines is 1. The van der Waals surface area contributed by atoms with E-state index >= 15 is 0 Å². The molecule has 0 bridgehead atoms. The first-order valence-electron chi connectivity index (χ1n) is 7.28. The minimum Gasteiger partial charge on any atom is -0.550 e. The lowest BCUT2D eigenvalue weighted by Crippen LogP contribution is -2.42. The maximum atomic E-state index is 12.4. The third-order valence-corrected chi connectivity index (χ3v) is 4.06. The van der Waals surface area contributed by atoms with E-state index in [-0.39, 0.29) is 17.1 Å². The second kappa shape index (κ2) is 7.08. The summed E-state index contributed by atoms with van der Waals surface area (Å²) >= 11 is 0. The number of nitrogens with one attached hydrogen (secondary N) is 1. The molecule has 1 saturated carbocycles. The Morgan fingerprint density at radius 1 is 1.26 bits per heavy atom. The lowest BCUT2D eigenvalue weighted by molar-refractivity contribution is -0.384. The molecule has 0 radical (unpaired) electrons. The molecule has 1 fully saturated rings. The van der Waals surface area contributed by atoms with Crippen LogP contribution in [0.2, 0.25) is 0 Å². The van der Waals surface area contributed by atoms with Crippen LogP contribution in [0.4, 0.5) is 11.4 Å². The lowest BCUT2D eigenvalue weighted by atomic mass is 9.78. The van der Waals surface area contributed by atoms with Gasteiger partial charge in [0.25, 0.3) is 5.69 Å². The van der Waals surface area contributed by atoms with E-state index in [9.17, 15) is 24.8 Å². The van der Waals surface area contributed by atoms with Crippen molar-refractivity contribution in [2.45, 2.75) is 25.7 Å². The number of carboxylic acid groups (broad SMARTS) is 1. The van der Waals surface area contributed by atoms with Crippen LogP contribution in [0.15, 0.2) is 18.2 Å². The van der Waals surface area contributed by atoms with Crippen molar-refractivity contribution in [3.8, 4) is 5.75 Å². The molecule has 1 aromatic carbocycles. The number of hydrogen-bond donors (Lipinski definition) is 1. The van der Waals surface area contributed by atoms with Gasteiger partial charge >= 0.3 is 0 Å². The predicted molar refractivity (Wildman–Crippen MR) is 78.7 cm³/mol. The van der Waals surface area contributed by atoms with E-state index in [1.54, 1.807) is 0 Å². The van der Waals surface area contributed by atoms with Crippen molar-refractivity contribution in [3.63, 3.8) is 0 Å². The quantitative estimate of drug-likeness (QED) is 0.640. The summed E-state index contributed by atoms with van der Waals surface area (Å²) in [5, 5.41) is 24.6. The van der Waals surface area contributed by atoms with Gasteiger partial charge in [0.05, 0.1) is 17.7 Å². The highest BCUT2D eigenvalue weighted by Gasteiger charge is 2.32. The number of nitro groups is 1. The molecular weight excluding hydrogens is 304 g/mol. The fourth-order valence-electron chi connectivity index (χ4n) is 2.86. The average Bonchev–Trinajstić information content (AvgIpc) is 2.54. The third kappa shape index (κ3) is 3.77. The summed E-state index contributed by atoms with van der Waals surface area (Å²) in [7, 11) is 1.38. The van der Waals surface area contributed by atoms with Crippen molar-refractivity contribution in [2.75, 3.05) is 12.4 Å². The number of carbonyl (C=O) groups is 2. The van der Waals surface area contributed by atoms with Crippen LogP contribution >= 0.6 is 0 Å². The van der Waals surface area contributed by atoms with Crippen LogP contribution in [-0.4, -0.2) is 23.9 Å². The van der Waals surface area contributed by atoms with Gasteiger partial charge in [0.15, 0.2) is 0 Å². The zero-order valence-corrected chi connectivity index (χ0v) is 12.6. The Morgan fingerprint density at radius 2 is 1.91 bits per heavy atom. The predicted octanol–water partition coefficient (Wildman–Crippen LogP) is 1.10. The number of ether oxygens (including phenoxy) is 1. The summed E-state index contributed by atoms with van der Waals surface area (Å²) in [4.78, 5) is 33.9. The number of methoxy groups -OCH3 is 1. The number of benzene rings is 1. The Morgan fingerprint density at radius 3 is 2.48 bits per heavy atom. The normalized spacial score (nSPS) is 20.6. The van der Waals surface area contributed by atoms with Gasteiger partial charge in [-0.1, -0.05) is 12.8 Å². The second-order valence-corrected chi connectivity index (χ2v) is 5.45. The van der Waals surface area contributed by atoms with Crippen molar-refractivity contribution in [2.24, 2.45) is 11.8 Å². The Labute approximate surface area is 132 Å². The van der Waals surface area contributed by atoms with Gasteiger partial charge in [-0.2, -0.15) is 0 Å². The summed E-state index contributed by atoms with van der Waals surface area (Å²) in [6.45, 7) is 0. The molecule has 1 aromatic rings. The molecule has 8 heteroatoms. The average molecular weight is 321 g/mol. The largest absolute Gasteiger partial charge is 0.550 e. The molecule has 124 valence electrons. The number of aliphatic carboxylic acids is 1. The van der Waals surface area contributed by atoms with E-state index in [1.165, 1.54) is 25.3 Å². The van der Waals surface area contributed by atoms with Gasteiger partial charge in [-0.05, 0) is 18.9 Å². The van der Waals surface area contributed by atoms with Crippen LogP contribution in [0.25, 0.3) is 0 Å². The number of amides is 1. The highest BCUT2D eigenvalue weighted by Crippen LogP contribution is 2.33. The van der Waals surface area contributed by atoms with Crippen LogP contribution < -0.4 is 15.2 Å². The molecule has 2 rings (SSSR count). The molecule has 0 unspecified atom stereocenters. The molecule has 1 amide bonds. The standard InChI is InChI=1S/C15H18N2O6/c1-23-13-7-6-9(17(21)22)8-12(13)16-14(18)10-4-2-3-5-11(10)15(19)20/h6-8,10-11H,2-5H2,1H3,(H,16,18)(H,19,20)/p-1/t10-,11+/m0/s1. The Hall–Kier alpha value is -2.64. The smallest absolute Gasteiger partial charge is 0.271 e. The minimum atomic E-state index is -1.24. The molecule has 1 aliphatic rings. The number of nitro benzene ring substituents is 1. The molecule has 0 aliphatic heterocycles. The molecule has 0 heterocycles. The summed E-state index contributed by atoms with van der Waals surface area (Å²) in [5.74, 6) is -3.01. The monoisotopic (exact) mass is 321 g/mol. The van der Waals surface area contributed by atoms with Gasteiger partial charge in [-0.15, -0.1) is 0 Å². The molecule has 0 saturated heterocycles. The van der Waals surface area contributed by atoms with Crippen LogP contribution in [0.5, 0.6) is 5.75 Å². The summed E-state index contributed by atoms with van der Waals surface area (Å²) in [5.41, 5.74) is -0.0458. The van der Waals surface area contributed by atoms with E-state index < -0.39 is 28.6 Å². The Balaban J connectivity index is 2.23. The minimum absolute atomic E-state index is 0.148. The summed E-state index contributed by atoms with van der Waals surface area (Å²) in [6.07, 6.45) is 2.34. The third-order valence-electron chi connectivity index (χ3n) is 4.06. The van der Waals surface area contributed by atoms with E-state index in [0.29, 0.717) is 12.8 Å².